The fourth-order valence-electron chi connectivity index (χ4n) is 2.73. The van der Waals surface area contributed by atoms with Gasteiger partial charge in [-0.15, -0.1) is 0 Å². The molecule has 2 fully saturated rings. The van der Waals surface area contributed by atoms with Crippen LogP contribution in [0.2, 0.25) is 0 Å². The van der Waals surface area contributed by atoms with Crippen molar-refractivity contribution in [2.75, 3.05) is 33.2 Å². The number of likely N-dealkylation sites (N-methyl/N-ethyl adjacent to an activating group) is 1. The van der Waals surface area contributed by atoms with Gasteiger partial charge in [0.15, 0.2) is 0 Å². The summed E-state index contributed by atoms with van der Waals surface area (Å²) in [7, 11) is 2.22. The summed E-state index contributed by atoms with van der Waals surface area (Å²) in [4.78, 5) is 5.04. The minimum atomic E-state index is 0.407. The molecule has 82 valence electrons. The third kappa shape index (κ3) is 2.27. The molecule has 2 aliphatic rings. The van der Waals surface area contributed by atoms with E-state index in [0.29, 0.717) is 12.2 Å². The van der Waals surface area contributed by atoms with E-state index in [2.05, 4.69) is 30.7 Å². The van der Waals surface area contributed by atoms with Crippen molar-refractivity contribution in [3.05, 3.63) is 0 Å². The number of hydrogen-bond donors (Lipinski definition) is 0. The Balaban J connectivity index is 1.90. The van der Waals surface area contributed by atoms with Crippen LogP contribution in [-0.2, 0) is 4.74 Å². The van der Waals surface area contributed by atoms with E-state index in [9.17, 15) is 0 Å². The molecule has 3 nitrogen and oxygen atoms in total. The number of likely N-dealkylation sites (tertiary alicyclic amines) is 1. The second-order valence-electron chi connectivity index (χ2n) is 4.92. The molecule has 0 aliphatic carbocycles. The van der Waals surface area contributed by atoms with Crippen molar-refractivity contribution >= 4 is 0 Å². The van der Waals surface area contributed by atoms with E-state index >= 15 is 0 Å². The molecule has 14 heavy (non-hydrogen) atoms. The molecule has 2 heterocycles. The maximum absolute atomic E-state index is 5.75. The quantitative estimate of drug-likeness (QED) is 0.620. The van der Waals surface area contributed by atoms with Crippen molar-refractivity contribution in [2.45, 2.75) is 38.5 Å². The second kappa shape index (κ2) is 4.17. The van der Waals surface area contributed by atoms with Crippen LogP contribution in [0.15, 0.2) is 0 Å². The summed E-state index contributed by atoms with van der Waals surface area (Å²) in [5.41, 5.74) is 0. The fraction of sp³-hybridized carbons (Fsp3) is 1.00. The van der Waals surface area contributed by atoms with E-state index < -0.39 is 0 Å². The van der Waals surface area contributed by atoms with Crippen LogP contribution in [0.3, 0.4) is 0 Å². The lowest BCUT2D eigenvalue weighted by Gasteiger charge is -2.38. The Morgan fingerprint density at radius 2 is 1.71 bits per heavy atom. The molecule has 3 atom stereocenters. The molecule has 0 aromatic carbocycles. The van der Waals surface area contributed by atoms with E-state index in [4.69, 9.17) is 4.74 Å². The number of nitrogens with zero attached hydrogens (tertiary/aromatic N) is 2. The first-order valence-corrected chi connectivity index (χ1v) is 5.73. The lowest BCUT2D eigenvalue weighted by atomic mass is 10.1. The molecule has 2 rings (SSSR count). The Morgan fingerprint density at radius 1 is 1.07 bits per heavy atom. The Hall–Kier alpha value is -0.120. The first-order chi connectivity index (χ1) is 6.65. The van der Waals surface area contributed by atoms with Gasteiger partial charge in [0.05, 0.1) is 12.2 Å². The highest BCUT2D eigenvalue weighted by Gasteiger charge is 2.31. The molecule has 2 saturated heterocycles. The van der Waals surface area contributed by atoms with Crippen LogP contribution in [0.1, 0.15) is 20.3 Å². The lowest BCUT2D eigenvalue weighted by Crippen LogP contribution is -2.50. The number of morpholine rings is 1. The van der Waals surface area contributed by atoms with E-state index in [1.165, 1.54) is 19.5 Å². The van der Waals surface area contributed by atoms with Gasteiger partial charge in [-0.2, -0.15) is 0 Å². The summed E-state index contributed by atoms with van der Waals surface area (Å²) in [5.74, 6) is 0. The maximum atomic E-state index is 5.75. The Kier molecular flexibility index (Phi) is 3.10. The normalized spacial score (nSPS) is 41.8. The molecule has 0 aromatic heterocycles. The highest BCUT2D eigenvalue weighted by atomic mass is 16.5. The SMILES string of the molecule is CC1CN(C2CCN(C)C2)CC(C)O1. The second-order valence-corrected chi connectivity index (χ2v) is 4.92. The molecular formula is C11H22N2O. The van der Waals surface area contributed by atoms with Gasteiger partial charge in [0, 0.05) is 25.7 Å². The van der Waals surface area contributed by atoms with Crippen molar-refractivity contribution in [1.29, 1.82) is 0 Å². The topological polar surface area (TPSA) is 15.7 Å². The average molecular weight is 198 g/mol. The van der Waals surface area contributed by atoms with Crippen LogP contribution in [0, 0.1) is 0 Å². The van der Waals surface area contributed by atoms with Gasteiger partial charge in [-0.05, 0) is 33.9 Å². The minimum absolute atomic E-state index is 0.407. The third-order valence-corrected chi connectivity index (χ3v) is 3.33. The van der Waals surface area contributed by atoms with E-state index in [1.54, 1.807) is 0 Å². The molecule has 2 aliphatic heterocycles. The highest BCUT2D eigenvalue weighted by molar-refractivity contribution is 4.85. The number of hydrogen-bond acceptors (Lipinski definition) is 3. The van der Waals surface area contributed by atoms with Crippen LogP contribution in [0.5, 0.6) is 0 Å². The molecule has 3 unspecified atom stereocenters. The predicted molar refractivity (Wildman–Crippen MR) is 57.5 cm³/mol. The third-order valence-electron chi connectivity index (χ3n) is 3.33. The zero-order valence-electron chi connectivity index (χ0n) is 9.57. The van der Waals surface area contributed by atoms with Crippen LogP contribution < -0.4 is 0 Å². The monoisotopic (exact) mass is 198 g/mol. The molecule has 0 saturated carbocycles. The van der Waals surface area contributed by atoms with Gasteiger partial charge in [0.25, 0.3) is 0 Å². The van der Waals surface area contributed by atoms with Gasteiger partial charge < -0.3 is 9.64 Å². The van der Waals surface area contributed by atoms with Crippen LogP contribution in [0.4, 0.5) is 0 Å². The summed E-state index contributed by atoms with van der Waals surface area (Å²) in [6, 6.07) is 0.772. The molecule has 0 N–H and O–H groups in total. The molecule has 0 aromatic rings. The first-order valence-electron chi connectivity index (χ1n) is 5.73. The fourth-order valence-corrected chi connectivity index (χ4v) is 2.73. The van der Waals surface area contributed by atoms with Crippen molar-refractivity contribution in [3.8, 4) is 0 Å². The Bertz CT molecular complexity index is 188. The van der Waals surface area contributed by atoms with Crippen molar-refractivity contribution in [2.24, 2.45) is 0 Å². The van der Waals surface area contributed by atoms with Gasteiger partial charge in [-0.3, -0.25) is 4.90 Å². The highest BCUT2D eigenvalue weighted by Crippen LogP contribution is 2.19. The van der Waals surface area contributed by atoms with Gasteiger partial charge in [-0.1, -0.05) is 0 Å². The molecular weight excluding hydrogens is 176 g/mol. The van der Waals surface area contributed by atoms with Gasteiger partial charge in [0.1, 0.15) is 0 Å². The van der Waals surface area contributed by atoms with Gasteiger partial charge >= 0.3 is 0 Å². The minimum Gasteiger partial charge on any atom is -0.373 e. The van der Waals surface area contributed by atoms with Gasteiger partial charge in [-0.25, -0.2) is 0 Å². The van der Waals surface area contributed by atoms with Crippen molar-refractivity contribution < 1.29 is 4.74 Å². The first kappa shape index (κ1) is 10.4. The van der Waals surface area contributed by atoms with E-state index in [1.807, 2.05) is 0 Å². The van der Waals surface area contributed by atoms with Gasteiger partial charge in [0.2, 0.25) is 0 Å². The average Bonchev–Trinajstić information content (AvgIpc) is 2.50. The summed E-state index contributed by atoms with van der Waals surface area (Å²) >= 11 is 0. The number of rotatable bonds is 1. The van der Waals surface area contributed by atoms with E-state index in [-0.39, 0.29) is 0 Å². The van der Waals surface area contributed by atoms with Crippen molar-refractivity contribution in [1.82, 2.24) is 9.80 Å². The van der Waals surface area contributed by atoms with Crippen LogP contribution in [0.25, 0.3) is 0 Å². The smallest absolute Gasteiger partial charge is 0.0678 e. The summed E-state index contributed by atoms with van der Waals surface area (Å²) in [6.07, 6.45) is 2.14. The summed E-state index contributed by atoms with van der Waals surface area (Å²) in [5, 5.41) is 0. The summed E-state index contributed by atoms with van der Waals surface area (Å²) < 4.78 is 5.75. The molecule has 3 heteroatoms. The van der Waals surface area contributed by atoms with E-state index in [0.717, 1.165) is 19.1 Å². The Labute approximate surface area is 87.0 Å². The Morgan fingerprint density at radius 3 is 2.21 bits per heavy atom. The number of ether oxygens (including phenoxy) is 1. The molecule has 0 spiro atoms. The summed E-state index contributed by atoms with van der Waals surface area (Å²) in [6.45, 7) is 9.08. The standard InChI is InChI=1S/C11H22N2O/c1-9-6-13(7-10(2)14-9)11-4-5-12(3)8-11/h9-11H,4-8H2,1-3H3. The predicted octanol–water partition coefficient (Wildman–Crippen LogP) is 0.800. The molecule has 0 bridgehead atoms. The van der Waals surface area contributed by atoms with Crippen LogP contribution in [-0.4, -0.2) is 61.3 Å². The maximum Gasteiger partial charge on any atom is 0.0678 e. The molecule has 0 amide bonds. The van der Waals surface area contributed by atoms with Crippen LogP contribution >= 0.6 is 0 Å². The molecule has 0 radical (unpaired) electrons. The van der Waals surface area contributed by atoms with Crippen molar-refractivity contribution in [3.63, 3.8) is 0 Å². The zero-order valence-corrected chi connectivity index (χ0v) is 9.57. The lowest BCUT2D eigenvalue weighted by molar-refractivity contribution is -0.0788. The zero-order chi connectivity index (χ0) is 10.1. The largest absolute Gasteiger partial charge is 0.373 e.